The molecule has 190 valence electrons. The molecular weight excluding hydrogens is 497 g/mol. The van der Waals surface area contributed by atoms with Crippen LogP contribution >= 0.6 is 11.6 Å². The molecule has 0 radical (unpaired) electrons. The van der Waals surface area contributed by atoms with E-state index in [1.54, 1.807) is 32.4 Å². The Morgan fingerprint density at radius 2 is 1.65 bits per heavy atom. The number of ether oxygens (including phenoxy) is 4. The van der Waals surface area contributed by atoms with Crippen LogP contribution in [0.5, 0.6) is 11.5 Å². The molecule has 0 aliphatic carbocycles. The molecule has 1 heterocycles. The van der Waals surface area contributed by atoms with Crippen LogP contribution in [0.2, 0.25) is 5.02 Å². The molecule has 4 rings (SSSR count). The van der Waals surface area contributed by atoms with Gasteiger partial charge in [0, 0.05) is 42.5 Å². The molecule has 0 spiro atoms. The van der Waals surface area contributed by atoms with Crippen molar-refractivity contribution in [3.8, 4) is 35.2 Å². The Morgan fingerprint density at radius 3 is 2.32 bits per heavy atom. The molecule has 1 aromatic heterocycles. The fraction of sp³-hybridized carbons (Fsp3) is 0.214. The summed E-state index contributed by atoms with van der Waals surface area (Å²) in [5.74, 6) is 4.01. The average molecular weight is 522 g/mol. The van der Waals surface area contributed by atoms with Gasteiger partial charge in [0.25, 0.3) is 0 Å². The number of hydrogen-bond acceptors (Lipinski definition) is 7. The van der Waals surface area contributed by atoms with Crippen LogP contribution in [-0.4, -0.2) is 50.6 Å². The van der Waals surface area contributed by atoms with Crippen molar-refractivity contribution in [3.63, 3.8) is 0 Å². The zero-order chi connectivity index (χ0) is 26.2. The van der Waals surface area contributed by atoms with Crippen molar-refractivity contribution in [1.82, 2.24) is 9.97 Å². The van der Waals surface area contributed by atoms with Gasteiger partial charge in [0.2, 0.25) is 0 Å². The van der Waals surface area contributed by atoms with E-state index in [1.165, 1.54) is 12.1 Å². The molecule has 9 heteroatoms. The lowest BCUT2D eigenvalue weighted by Gasteiger charge is -2.16. The summed E-state index contributed by atoms with van der Waals surface area (Å²) in [6.45, 7) is 1.44. The molecule has 3 aromatic carbocycles. The molecular formula is C28H25ClFN3O4. The SMILES string of the molecule is C#Cc1cccc(-c2nc(Nc3ccc(F)c(Cl)c3)c3cc(OCCOC)c(OCCOC)cc3n2)c1. The Kier molecular flexibility index (Phi) is 8.75. The number of nitrogens with zero attached hydrogens (tertiary/aromatic N) is 2. The third kappa shape index (κ3) is 6.46. The highest BCUT2D eigenvalue weighted by Crippen LogP contribution is 2.37. The summed E-state index contributed by atoms with van der Waals surface area (Å²) >= 11 is 6.01. The summed E-state index contributed by atoms with van der Waals surface area (Å²) in [6.07, 6.45) is 5.59. The summed E-state index contributed by atoms with van der Waals surface area (Å²) in [5.41, 5.74) is 2.58. The molecule has 0 aliphatic heterocycles. The number of hydrogen-bond donors (Lipinski definition) is 1. The van der Waals surface area contributed by atoms with Crippen LogP contribution in [0, 0.1) is 18.2 Å². The predicted octanol–water partition coefficient (Wildman–Crippen LogP) is 5.86. The lowest BCUT2D eigenvalue weighted by molar-refractivity contribution is 0.132. The average Bonchev–Trinajstić information content (AvgIpc) is 2.91. The zero-order valence-electron chi connectivity index (χ0n) is 20.4. The molecule has 0 aliphatic rings. The van der Waals surface area contributed by atoms with Crippen molar-refractivity contribution >= 4 is 34.0 Å². The summed E-state index contributed by atoms with van der Waals surface area (Å²) in [6, 6.07) is 15.3. The van der Waals surface area contributed by atoms with E-state index in [-0.39, 0.29) is 5.02 Å². The summed E-state index contributed by atoms with van der Waals surface area (Å²) < 4.78 is 35.9. The third-order valence-corrected chi connectivity index (χ3v) is 5.61. The molecule has 4 aromatic rings. The second kappa shape index (κ2) is 12.4. The minimum atomic E-state index is -0.516. The van der Waals surface area contributed by atoms with Gasteiger partial charge in [-0.3, -0.25) is 0 Å². The summed E-state index contributed by atoms with van der Waals surface area (Å²) in [4.78, 5) is 9.55. The number of halogens is 2. The first kappa shape index (κ1) is 26.2. The van der Waals surface area contributed by atoms with Crippen LogP contribution in [0.4, 0.5) is 15.9 Å². The zero-order valence-corrected chi connectivity index (χ0v) is 21.1. The van der Waals surface area contributed by atoms with E-state index in [4.69, 9.17) is 46.9 Å². The molecule has 0 fully saturated rings. The lowest BCUT2D eigenvalue weighted by atomic mass is 10.1. The van der Waals surface area contributed by atoms with Crippen LogP contribution in [0.3, 0.4) is 0 Å². The van der Waals surface area contributed by atoms with E-state index in [0.29, 0.717) is 71.7 Å². The Hall–Kier alpha value is -3.90. The Bertz CT molecular complexity index is 1440. The maximum atomic E-state index is 13.8. The van der Waals surface area contributed by atoms with Gasteiger partial charge in [-0.25, -0.2) is 14.4 Å². The number of rotatable bonds is 11. The van der Waals surface area contributed by atoms with Gasteiger partial charge >= 0.3 is 0 Å². The van der Waals surface area contributed by atoms with E-state index < -0.39 is 5.82 Å². The first-order valence-electron chi connectivity index (χ1n) is 11.4. The highest BCUT2D eigenvalue weighted by Gasteiger charge is 2.16. The number of nitrogens with one attached hydrogen (secondary N) is 1. The predicted molar refractivity (Wildman–Crippen MR) is 142 cm³/mol. The van der Waals surface area contributed by atoms with Crippen LogP contribution in [-0.2, 0) is 9.47 Å². The van der Waals surface area contributed by atoms with E-state index in [0.717, 1.165) is 5.56 Å². The molecule has 0 atom stereocenters. The van der Waals surface area contributed by atoms with E-state index >= 15 is 0 Å². The Labute approximate surface area is 219 Å². The third-order valence-electron chi connectivity index (χ3n) is 5.32. The van der Waals surface area contributed by atoms with Crippen LogP contribution in [0.15, 0.2) is 54.6 Å². The van der Waals surface area contributed by atoms with Crippen molar-refractivity contribution in [2.24, 2.45) is 0 Å². The number of methoxy groups -OCH3 is 2. The first-order valence-corrected chi connectivity index (χ1v) is 11.8. The maximum absolute atomic E-state index is 13.8. The smallest absolute Gasteiger partial charge is 0.163 e. The number of benzene rings is 3. The number of fused-ring (bicyclic) bond motifs is 1. The largest absolute Gasteiger partial charge is 0.487 e. The van der Waals surface area contributed by atoms with Crippen molar-refractivity contribution in [3.05, 3.63) is 71.0 Å². The molecule has 37 heavy (non-hydrogen) atoms. The molecule has 0 amide bonds. The second-order valence-corrected chi connectivity index (χ2v) is 8.28. The molecule has 0 bridgehead atoms. The van der Waals surface area contributed by atoms with Crippen molar-refractivity contribution in [1.29, 1.82) is 0 Å². The number of aromatic nitrogens is 2. The minimum absolute atomic E-state index is 0.0114. The maximum Gasteiger partial charge on any atom is 0.163 e. The Balaban J connectivity index is 1.87. The highest BCUT2D eigenvalue weighted by molar-refractivity contribution is 6.31. The van der Waals surface area contributed by atoms with Crippen molar-refractivity contribution in [2.45, 2.75) is 0 Å². The lowest BCUT2D eigenvalue weighted by Crippen LogP contribution is -2.09. The van der Waals surface area contributed by atoms with Gasteiger partial charge in [0.1, 0.15) is 24.8 Å². The first-order chi connectivity index (χ1) is 18.0. The van der Waals surface area contributed by atoms with Gasteiger partial charge in [-0.1, -0.05) is 29.7 Å². The van der Waals surface area contributed by atoms with Gasteiger partial charge in [0.15, 0.2) is 17.3 Å². The van der Waals surface area contributed by atoms with Gasteiger partial charge in [-0.15, -0.1) is 6.42 Å². The monoisotopic (exact) mass is 521 g/mol. The van der Waals surface area contributed by atoms with Gasteiger partial charge in [0.05, 0.1) is 23.8 Å². The summed E-state index contributed by atoms with van der Waals surface area (Å²) in [7, 11) is 3.20. The highest BCUT2D eigenvalue weighted by atomic mass is 35.5. The van der Waals surface area contributed by atoms with Crippen molar-refractivity contribution < 1.29 is 23.3 Å². The van der Waals surface area contributed by atoms with E-state index in [9.17, 15) is 4.39 Å². The van der Waals surface area contributed by atoms with E-state index in [2.05, 4.69) is 11.2 Å². The van der Waals surface area contributed by atoms with Gasteiger partial charge in [-0.2, -0.15) is 0 Å². The topological polar surface area (TPSA) is 74.7 Å². The Morgan fingerprint density at radius 1 is 0.919 bits per heavy atom. The van der Waals surface area contributed by atoms with Crippen LogP contribution in [0.1, 0.15) is 5.56 Å². The molecule has 1 N–H and O–H groups in total. The van der Waals surface area contributed by atoms with E-state index in [1.807, 2.05) is 24.3 Å². The van der Waals surface area contributed by atoms with Crippen LogP contribution in [0.25, 0.3) is 22.3 Å². The molecule has 7 nitrogen and oxygen atoms in total. The van der Waals surface area contributed by atoms with Crippen molar-refractivity contribution in [2.75, 3.05) is 46.0 Å². The molecule has 0 saturated carbocycles. The molecule has 0 unspecified atom stereocenters. The second-order valence-electron chi connectivity index (χ2n) is 7.87. The quantitative estimate of drug-likeness (QED) is 0.195. The standard InChI is InChI=1S/C28H25ClFN3O4/c1-4-18-6-5-7-19(14-18)27-32-24-17-26(37-13-11-35-3)25(36-12-10-34-2)16-21(24)28(33-27)31-20-8-9-23(30)22(29)15-20/h1,5-9,14-17H,10-13H2,2-3H3,(H,31,32,33). The number of anilines is 2. The molecule has 0 saturated heterocycles. The van der Waals surface area contributed by atoms with Gasteiger partial charge in [-0.05, 0) is 36.4 Å². The minimum Gasteiger partial charge on any atom is -0.487 e. The number of terminal acetylenes is 1. The van der Waals surface area contributed by atoms with Gasteiger partial charge < -0.3 is 24.3 Å². The fourth-order valence-electron chi connectivity index (χ4n) is 3.52. The van der Waals surface area contributed by atoms with Crippen LogP contribution < -0.4 is 14.8 Å². The summed E-state index contributed by atoms with van der Waals surface area (Å²) in [5, 5.41) is 3.88. The fourth-order valence-corrected chi connectivity index (χ4v) is 3.70. The normalized spacial score (nSPS) is 10.8.